The highest BCUT2D eigenvalue weighted by atomic mass is 31.2. The van der Waals surface area contributed by atoms with Gasteiger partial charge >= 0.3 is 11.7 Å². The summed E-state index contributed by atoms with van der Waals surface area (Å²) >= 11 is 0. The standard InChI is InChI=1S/C21H36FN4O6P/c1-14(20(29)32-16-8-6-5-7-9-16)25-33(3,4)31-13-17(15(2)27)23-18(12-22)26-11-10-19(28)24-21(26)30/h10-11,14-18,23,25,27H,3,5-9,12-13H2,1-2,4H3,(H,24,28,30)/t14-,15-,17+,18-,33?/m0/s1. The SMILES string of the molecule is C=P(C)(N[C@@H](C)C(=O)OC1CCCCC1)OC[C@@H](N[C@H](CF)n1ccc(=O)[nH]c1=O)[C@H](C)O. The summed E-state index contributed by atoms with van der Waals surface area (Å²) in [5, 5.41) is 16.1. The lowest BCUT2D eigenvalue weighted by atomic mass is 9.98. The molecule has 4 N–H and O–H groups in total. The average Bonchev–Trinajstić information content (AvgIpc) is 2.74. The monoisotopic (exact) mass is 490 g/mol. The van der Waals surface area contributed by atoms with Crippen molar-refractivity contribution in [3.05, 3.63) is 33.1 Å². The van der Waals surface area contributed by atoms with Crippen LogP contribution in [0.5, 0.6) is 0 Å². The second-order valence-corrected chi connectivity index (χ2v) is 11.4. The Morgan fingerprint density at radius 3 is 2.61 bits per heavy atom. The van der Waals surface area contributed by atoms with Crippen LogP contribution in [0, 0.1) is 0 Å². The molecular formula is C21H36FN4O6P. The Bertz CT molecular complexity index is 930. The molecule has 1 unspecified atom stereocenters. The van der Waals surface area contributed by atoms with E-state index in [2.05, 4.69) is 21.7 Å². The number of H-pyrrole nitrogens is 1. The molecule has 5 atom stereocenters. The lowest BCUT2D eigenvalue weighted by Gasteiger charge is -2.31. The number of carbonyl (C=O) groups excluding carboxylic acids is 1. The third-order valence-corrected chi connectivity index (χ3v) is 7.17. The maximum atomic E-state index is 13.7. The fraction of sp³-hybridized carbons (Fsp3) is 0.714. The van der Waals surface area contributed by atoms with E-state index in [9.17, 15) is 23.9 Å². The summed E-state index contributed by atoms with van der Waals surface area (Å²) in [6, 6.07) is -0.272. The van der Waals surface area contributed by atoms with Crippen molar-refractivity contribution < 1.29 is 23.6 Å². The van der Waals surface area contributed by atoms with Gasteiger partial charge in [0.2, 0.25) is 0 Å². The van der Waals surface area contributed by atoms with Crippen LogP contribution in [-0.4, -0.2) is 71.2 Å². The molecule has 0 aromatic carbocycles. The number of aliphatic hydroxyl groups is 1. The second kappa shape index (κ2) is 12.6. The average molecular weight is 491 g/mol. The van der Waals surface area contributed by atoms with Gasteiger partial charge in [-0.2, -0.15) is 0 Å². The summed E-state index contributed by atoms with van der Waals surface area (Å²) in [5.74, 6) is -0.361. The summed E-state index contributed by atoms with van der Waals surface area (Å²) in [7, 11) is -2.50. The molecule has 1 fully saturated rings. The Morgan fingerprint density at radius 2 is 2.03 bits per heavy atom. The third-order valence-electron chi connectivity index (χ3n) is 5.52. The predicted octanol–water partition coefficient (Wildman–Crippen LogP) is 1.12. The third kappa shape index (κ3) is 8.83. The number of aliphatic hydroxyl groups excluding tert-OH is 1. The molecular weight excluding hydrogens is 454 g/mol. The van der Waals surface area contributed by atoms with Crippen LogP contribution in [0.1, 0.15) is 52.1 Å². The Balaban J connectivity index is 1.94. The number of hydrogen-bond acceptors (Lipinski definition) is 8. The fourth-order valence-electron chi connectivity index (χ4n) is 3.64. The summed E-state index contributed by atoms with van der Waals surface area (Å²) in [4.78, 5) is 37.7. The van der Waals surface area contributed by atoms with E-state index in [-0.39, 0.29) is 18.7 Å². The van der Waals surface area contributed by atoms with Gasteiger partial charge in [-0.25, -0.2) is 9.18 Å². The minimum absolute atomic E-state index is 0.0522. The Labute approximate surface area is 193 Å². The molecule has 188 valence electrons. The number of aromatic nitrogens is 2. The zero-order valence-electron chi connectivity index (χ0n) is 19.5. The highest BCUT2D eigenvalue weighted by Gasteiger charge is 2.27. The van der Waals surface area contributed by atoms with E-state index in [0.717, 1.165) is 42.7 Å². The fourth-order valence-corrected chi connectivity index (χ4v) is 5.13. The molecule has 12 heteroatoms. The van der Waals surface area contributed by atoms with Crippen LogP contribution in [0.4, 0.5) is 4.39 Å². The summed E-state index contributed by atoms with van der Waals surface area (Å²) < 4.78 is 26.1. The maximum Gasteiger partial charge on any atom is 0.329 e. The summed E-state index contributed by atoms with van der Waals surface area (Å²) in [5.41, 5.74) is -1.37. The first-order chi connectivity index (χ1) is 15.5. The molecule has 10 nitrogen and oxygen atoms in total. The van der Waals surface area contributed by atoms with E-state index in [1.807, 2.05) is 0 Å². The van der Waals surface area contributed by atoms with E-state index in [1.165, 1.54) is 13.1 Å². The first-order valence-corrected chi connectivity index (χ1v) is 13.5. The first kappa shape index (κ1) is 27.5. The number of rotatable bonds is 12. The molecule has 1 heterocycles. The van der Waals surface area contributed by atoms with Gasteiger partial charge in [0.05, 0.1) is 26.0 Å². The molecule has 0 saturated heterocycles. The van der Waals surface area contributed by atoms with Crippen molar-refractivity contribution in [1.82, 2.24) is 20.0 Å². The molecule has 0 bridgehead atoms. The lowest BCUT2D eigenvalue weighted by Crippen LogP contribution is -2.49. The van der Waals surface area contributed by atoms with Crippen LogP contribution >= 0.6 is 7.26 Å². The molecule has 0 amide bonds. The van der Waals surface area contributed by atoms with E-state index < -0.39 is 49.5 Å². The van der Waals surface area contributed by atoms with Gasteiger partial charge in [0, 0.05) is 12.3 Å². The molecule has 0 aliphatic heterocycles. The van der Waals surface area contributed by atoms with Gasteiger partial charge in [-0.3, -0.25) is 29.5 Å². The molecule has 0 radical (unpaired) electrons. The minimum Gasteiger partial charge on any atom is -0.461 e. The van der Waals surface area contributed by atoms with Crippen molar-refractivity contribution in [3.8, 4) is 0 Å². The topological polar surface area (TPSA) is 135 Å². The van der Waals surface area contributed by atoms with Gasteiger partial charge in [-0.05, 0) is 46.2 Å². The van der Waals surface area contributed by atoms with Crippen LogP contribution in [0.15, 0.2) is 21.9 Å². The van der Waals surface area contributed by atoms with Gasteiger partial charge in [-0.15, -0.1) is 0 Å². The van der Waals surface area contributed by atoms with E-state index in [1.54, 1.807) is 13.6 Å². The van der Waals surface area contributed by atoms with Crippen molar-refractivity contribution in [2.24, 2.45) is 0 Å². The Hall–Kier alpha value is -1.78. The minimum atomic E-state index is -2.50. The number of aromatic amines is 1. The zero-order valence-corrected chi connectivity index (χ0v) is 20.4. The van der Waals surface area contributed by atoms with Gasteiger partial charge < -0.3 is 14.4 Å². The van der Waals surface area contributed by atoms with Crippen LogP contribution in [0.3, 0.4) is 0 Å². The molecule has 2 rings (SSSR count). The number of hydrogen-bond donors (Lipinski definition) is 4. The van der Waals surface area contributed by atoms with E-state index in [4.69, 9.17) is 9.26 Å². The molecule has 1 aliphatic rings. The molecule has 1 aromatic heterocycles. The van der Waals surface area contributed by atoms with Gasteiger partial charge in [0.25, 0.3) is 5.56 Å². The predicted molar refractivity (Wildman–Crippen MR) is 126 cm³/mol. The number of carbonyl (C=O) groups is 1. The number of ether oxygens (including phenoxy) is 1. The highest BCUT2D eigenvalue weighted by molar-refractivity contribution is 7.66. The molecule has 33 heavy (non-hydrogen) atoms. The van der Waals surface area contributed by atoms with Crippen LogP contribution < -0.4 is 21.7 Å². The number of nitrogens with zero attached hydrogens (tertiary/aromatic N) is 1. The summed E-state index contributed by atoms with van der Waals surface area (Å²) in [6.07, 6.45) is 8.13. The van der Waals surface area contributed by atoms with E-state index in [0.29, 0.717) is 0 Å². The van der Waals surface area contributed by atoms with Crippen molar-refractivity contribution in [1.29, 1.82) is 0 Å². The van der Waals surface area contributed by atoms with Crippen molar-refractivity contribution in [3.63, 3.8) is 0 Å². The largest absolute Gasteiger partial charge is 0.461 e. The number of nitrogens with one attached hydrogen (secondary N) is 3. The molecule has 1 aromatic rings. The molecule has 1 aliphatic carbocycles. The van der Waals surface area contributed by atoms with Crippen LogP contribution in [0.25, 0.3) is 0 Å². The number of alkyl halides is 1. The van der Waals surface area contributed by atoms with E-state index >= 15 is 0 Å². The Kier molecular flexibility index (Phi) is 10.5. The van der Waals surface area contributed by atoms with Crippen LogP contribution in [-0.2, 0) is 14.1 Å². The Morgan fingerprint density at radius 1 is 1.36 bits per heavy atom. The second-order valence-electron chi connectivity index (χ2n) is 8.65. The number of esters is 1. The normalized spacial score (nSPS) is 20.4. The quantitative estimate of drug-likeness (QED) is 0.253. The number of halogens is 1. The molecule has 1 saturated carbocycles. The maximum absolute atomic E-state index is 13.7. The van der Waals surface area contributed by atoms with Crippen molar-refractivity contribution in [2.75, 3.05) is 19.9 Å². The molecule has 0 spiro atoms. The lowest BCUT2D eigenvalue weighted by molar-refractivity contribution is -0.152. The van der Waals surface area contributed by atoms with Crippen molar-refractivity contribution in [2.45, 2.75) is 76.4 Å². The van der Waals surface area contributed by atoms with Gasteiger partial charge in [-0.1, -0.05) is 12.7 Å². The van der Waals surface area contributed by atoms with Gasteiger partial charge in [0.15, 0.2) is 0 Å². The smallest absolute Gasteiger partial charge is 0.329 e. The highest BCUT2D eigenvalue weighted by Crippen LogP contribution is 2.38. The van der Waals surface area contributed by atoms with Crippen molar-refractivity contribution >= 4 is 19.5 Å². The van der Waals surface area contributed by atoms with Crippen LogP contribution in [0.2, 0.25) is 0 Å². The van der Waals surface area contributed by atoms with Gasteiger partial charge in [0.1, 0.15) is 25.0 Å². The zero-order chi connectivity index (χ0) is 24.6. The summed E-state index contributed by atoms with van der Waals surface area (Å²) in [6.45, 7) is 3.90. The first-order valence-electron chi connectivity index (χ1n) is 11.2.